The number of nitrogens with zero attached hydrogens (tertiary/aromatic N) is 1. The van der Waals surface area contributed by atoms with Crippen molar-refractivity contribution in [2.45, 2.75) is 50.0 Å². The molecule has 140 valence electrons. The summed E-state index contributed by atoms with van der Waals surface area (Å²) in [7, 11) is 0. The van der Waals surface area contributed by atoms with Crippen LogP contribution < -0.4 is 5.32 Å². The van der Waals surface area contributed by atoms with Gasteiger partial charge in [-0.3, -0.25) is 9.59 Å². The summed E-state index contributed by atoms with van der Waals surface area (Å²) in [4.78, 5) is 24.8. The topological polar surface area (TPSA) is 92.4 Å². The van der Waals surface area contributed by atoms with Crippen molar-refractivity contribution in [3.05, 3.63) is 47.3 Å². The zero-order valence-corrected chi connectivity index (χ0v) is 16.0. The van der Waals surface area contributed by atoms with Gasteiger partial charge in [-0.25, -0.2) is 0 Å². The van der Waals surface area contributed by atoms with Crippen molar-refractivity contribution in [3.63, 3.8) is 0 Å². The third-order valence-corrected chi connectivity index (χ3v) is 5.10. The Balaban J connectivity index is 2.16. The molecule has 7 heteroatoms. The summed E-state index contributed by atoms with van der Waals surface area (Å²) in [5.74, 6) is -1.10. The van der Waals surface area contributed by atoms with Crippen LogP contribution in [0.2, 0.25) is 0 Å². The third kappa shape index (κ3) is 5.11. The minimum Gasteiger partial charge on any atom is -0.481 e. The third-order valence-electron chi connectivity index (χ3n) is 4.36. The van der Waals surface area contributed by atoms with E-state index in [1.807, 2.05) is 30.5 Å². The van der Waals surface area contributed by atoms with E-state index in [9.17, 15) is 14.7 Å². The van der Waals surface area contributed by atoms with Crippen LogP contribution in [-0.4, -0.2) is 28.4 Å². The van der Waals surface area contributed by atoms with E-state index in [1.54, 1.807) is 17.8 Å². The van der Waals surface area contributed by atoms with Gasteiger partial charge in [0, 0.05) is 16.9 Å². The molecular weight excluding hydrogens is 352 g/mol. The number of rotatable bonds is 9. The molecular formula is C19H24N2O4S. The van der Waals surface area contributed by atoms with Crippen molar-refractivity contribution in [2.75, 3.05) is 6.26 Å². The van der Waals surface area contributed by atoms with Gasteiger partial charge >= 0.3 is 5.97 Å². The van der Waals surface area contributed by atoms with E-state index < -0.39 is 17.9 Å². The molecule has 0 aliphatic rings. The summed E-state index contributed by atoms with van der Waals surface area (Å²) in [6, 6.07) is 8.46. The standard InChI is InChI=1S/C19H24N2O4S/c1-4-12(5-2)16-10-17(25-21-16)19(24)20-15(11-18(22)23)13-6-8-14(26-3)9-7-13/h6-10,12,15H,4-5,11H2,1-3H3,(H,20,24)(H,22,23). The van der Waals surface area contributed by atoms with E-state index >= 15 is 0 Å². The van der Waals surface area contributed by atoms with Crippen LogP contribution in [0.1, 0.15) is 66.9 Å². The number of aliphatic carboxylic acids is 1. The molecule has 1 unspecified atom stereocenters. The largest absolute Gasteiger partial charge is 0.481 e. The average Bonchev–Trinajstić information content (AvgIpc) is 3.12. The van der Waals surface area contributed by atoms with Crippen LogP contribution in [-0.2, 0) is 4.79 Å². The van der Waals surface area contributed by atoms with Crippen molar-refractivity contribution in [3.8, 4) is 0 Å². The molecule has 0 spiro atoms. The van der Waals surface area contributed by atoms with Gasteiger partial charge in [0.25, 0.3) is 5.91 Å². The second-order valence-electron chi connectivity index (χ2n) is 6.03. The molecule has 1 aromatic heterocycles. The molecule has 0 saturated carbocycles. The van der Waals surface area contributed by atoms with Gasteiger partial charge < -0.3 is 14.9 Å². The first-order valence-electron chi connectivity index (χ1n) is 8.61. The van der Waals surface area contributed by atoms with Gasteiger partial charge in [0.1, 0.15) is 0 Å². The van der Waals surface area contributed by atoms with Crippen molar-refractivity contribution >= 4 is 23.6 Å². The highest BCUT2D eigenvalue weighted by Crippen LogP contribution is 2.24. The van der Waals surface area contributed by atoms with E-state index in [-0.39, 0.29) is 18.1 Å². The summed E-state index contributed by atoms with van der Waals surface area (Å²) in [5.41, 5.74) is 1.48. The monoisotopic (exact) mass is 376 g/mol. The molecule has 26 heavy (non-hydrogen) atoms. The Labute approximate surface area is 157 Å². The molecule has 2 N–H and O–H groups in total. The summed E-state index contributed by atoms with van der Waals surface area (Å²) in [6.07, 6.45) is 3.58. The van der Waals surface area contributed by atoms with Crippen molar-refractivity contribution < 1.29 is 19.2 Å². The number of carbonyl (C=O) groups is 2. The van der Waals surface area contributed by atoms with E-state index in [4.69, 9.17) is 4.52 Å². The maximum Gasteiger partial charge on any atom is 0.305 e. The molecule has 1 amide bonds. The molecule has 0 radical (unpaired) electrons. The Hall–Kier alpha value is -2.28. The van der Waals surface area contributed by atoms with E-state index in [1.165, 1.54) is 0 Å². The molecule has 0 bridgehead atoms. The number of hydrogen-bond donors (Lipinski definition) is 2. The van der Waals surface area contributed by atoms with Crippen molar-refractivity contribution in [1.82, 2.24) is 10.5 Å². The molecule has 1 heterocycles. The van der Waals surface area contributed by atoms with Gasteiger partial charge in [0.2, 0.25) is 5.76 Å². The van der Waals surface area contributed by atoms with Gasteiger partial charge in [-0.2, -0.15) is 0 Å². The first-order chi connectivity index (χ1) is 12.5. The zero-order valence-electron chi connectivity index (χ0n) is 15.2. The normalized spacial score (nSPS) is 12.2. The van der Waals surface area contributed by atoms with Gasteiger partial charge in [0.05, 0.1) is 18.2 Å². The highest BCUT2D eigenvalue weighted by atomic mass is 32.2. The van der Waals surface area contributed by atoms with Gasteiger partial charge in [-0.1, -0.05) is 31.1 Å². The Kier molecular flexibility index (Phi) is 7.26. The molecule has 0 aliphatic carbocycles. The first kappa shape index (κ1) is 20.0. The lowest BCUT2D eigenvalue weighted by atomic mass is 9.99. The van der Waals surface area contributed by atoms with Gasteiger partial charge in [-0.05, 0) is 36.8 Å². The number of benzene rings is 1. The molecule has 0 aliphatic heterocycles. The number of carboxylic acids is 1. The van der Waals surface area contributed by atoms with Crippen LogP contribution >= 0.6 is 11.8 Å². The number of hydrogen-bond acceptors (Lipinski definition) is 5. The lowest BCUT2D eigenvalue weighted by Crippen LogP contribution is -2.30. The zero-order chi connectivity index (χ0) is 19.1. The number of nitrogens with one attached hydrogen (secondary N) is 1. The molecule has 0 saturated heterocycles. The smallest absolute Gasteiger partial charge is 0.305 e. The summed E-state index contributed by atoms with van der Waals surface area (Å²) < 4.78 is 5.18. The Bertz CT molecular complexity index is 738. The quantitative estimate of drug-likeness (QED) is 0.636. The Morgan fingerprint density at radius 3 is 2.42 bits per heavy atom. The maximum absolute atomic E-state index is 12.5. The van der Waals surface area contributed by atoms with Crippen molar-refractivity contribution in [1.29, 1.82) is 0 Å². The van der Waals surface area contributed by atoms with Gasteiger partial charge in [-0.15, -0.1) is 11.8 Å². The molecule has 0 fully saturated rings. The minimum atomic E-state index is -0.987. The van der Waals surface area contributed by atoms with Crippen LogP contribution in [0.3, 0.4) is 0 Å². The lowest BCUT2D eigenvalue weighted by molar-refractivity contribution is -0.137. The van der Waals surface area contributed by atoms with E-state index in [2.05, 4.69) is 24.3 Å². The molecule has 1 aromatic carbocycles. The fourth-order valence-electron chi connectivity index (χ4n) is 2.79. The number of amides is 1. The van der Waals surface area contributed by atoms with Crippen LogP contribution in [0.15, 0.2) is 39.8 Å². The predicted molar refractivity (Wildman–Crippen MR) is 101 cm³/mol. The maximum atomic E-state index is 12.5. The number of thioether (sulfide) groups is 1. The van der Waals surface area contributed by atoms with Crippen LogP contribution in [0.4, 0.5) is 0 Å². The minimum absolute atomic E-state index is 0.100. The molecule has 1 atom stereocenters. The molecule has 2 rings (SSSR count). The van der Waals surface area contributed by atoms with Crippen LogP contribution in [0.5, 0.6) is 0 Å². The van der Waals surface area contributed by atoms with E-state index in [0.717, 1.165) is 29.0 Å². The lowest BCUT2D eigenvalue weighted by Gasteiger charge is -2.17. The number of carboxylic acid groups (broad SMARTS) is 1. The Morgan fingerprint density at radius 1 is 1.23 bits per heavy atom. The predicted octanol–water partition coefficient (Wildman–Crippen LogP) is 4.25. The SMILES string of the molecule is CCC(CC)c1cc(C(=O)NC(CC(=O)O)c2ccc(SC)cc2)on1. The summed E-state index contributed by atoms with van der Waals surface area (Å²) in [6.45, 7) is 4.12. The van der Waals surface area contributed by atoms with Crippen molar-refractivity contribution in [2.24, 2.45) is 0 Å². The van der Waals surface area contributed by atoms with Crippen LogP contribution in [0.25, 0.3) is 0 Å². The fourth-order valence-corrected chi connectivity index (χ4v) is 3.20. The highest BCUT2D eigenvalue weighted by Gasteiger charge is 2.22. The summed E-state index contributed by atoms with van der Waals surface area (Å²) in [5, 5.41) is 15.9. The second-order valence-corrected chi connectivity index (χ2v) is 6.91. The second kappa shape index (κ2) is 9.43. The molecule has 2 aromatic rings. The number of carbonyl (C=O) groups excluding carboxylic acids is 1. The number of aromatic nitrogens is 1. The van der Waals surface area contributed by atoms with E-state index in [0.29, 0.717) is 0 Å². The molecule has 6 nitrogen and oxygen atoms in total. The first-order valence-corrected chi connectivity index (χ1v) is 9.84. The average molecular weight is 376 g/mol. The summed E-state index contributed by atoms with van der Waals surface area (Å²) >= 11 is 1.60. The Morgan fingerprint density at radius 2 is 1.88 bits per heavy atom. The fraction of sp³-hybridized carbons (Fsp3) is 0.421. The highest BCUT2D eigenvalue weighted by molar-refractivity contribution is 7.98. The van der Waals surface area contributed by atoms with Crippen LogP contribution in [0, 0.1) is 0 Å². The van der Waals surface area contributed by atoms with Gasteiger partial charge in [0.15, 0.2) is 0 Å².